The molecule has 5 heteroatoms. The van der Waals surface area contributed by atoms with Crippen LogP contribution in [0.1, 0.15) is 17.0 Å². The number of ether oxygens (including phenoxy) is 1. The maximum Gasteiger partial charge on any atom is 0.119 e. The van der Waals surface area contributed by atoms with E-state index in [1.165, 1.54) is 24.3 Å². The van der Waals surface area contributed by atoms with Crippen LogP contribution in [-0.2, 0) is 16.2 Å². The normalized spacial score (nSPS) is 10.3. The maximum absolute atomic E-state index is 10.8. The van der Waals surface area contributed by atoms with Crippen LogP contribution in [0.25, 0.3) is 0 Å². The Morgan fingerprint density at radius 3 is 2.00 bits per heavy atom. The second-order valence-electron chi connectivity index (χ2n) is 4.41. The molecule has 21 heavy (non-hydrogen) atoms. The number of aliphatic carboxylic acids is 2. The number of hydrogen-bond donors (Lipinski definition) is 0. The number of carbonyl (C=O) groups is 2. The van der Waals surface area contributed by atoms with E-state index in [2.05, 4.69) is 0 Å². The van der Waals surface area contributed by atoms with Gasteiger partial charge in [-0.25, -0.2) is 0 Å². The molecule has 2 rings (SSSR count). The van der Waals surface area contributed by atoms with Gasteiger partial charge in [0.1, 0.15) is 12.4 Å². The molecule has 0 heterocycles. The third-order valence-corrected chi connectivity index (χ3v) is 2.93. The molecule has 0 amide bonds. The lowest BCUT2D eigenvalue weighted by atomic mass is 9.99. The first-order valence-electron chi connectivity index (χ1n) is 6.26. The summed E-state index contributed by atoms with van der Waals surface area (Å²) in [6.45, 7) is 0.366. The average Bonchev–Trinajstić information content (AvgIpc) is 2.47. The van der Waals surface area contributed by atoms with Crippen LogP contribution in [0, 0.1) is 0 Å². The number of rotatable bonds is 6. The molecule has 0 aliphatic heterocycles. The monoisotopic (exact) mass is 284 g/mol. The summed E-state index contributed by atoms with van der Waals surface area (Å²) in [5, 5.41) is 21.5. The van der Waals surface area contributed by atoms with E-state index in [9.17, 15) is 19.8 Å². The van der Waals surface area contributed by atoms with Gasteiger partial charge < -0.3 is 24.5 Å². The van der Waals surface area contributed by atoms with Crippen molar-refractivity contribution in [1.82, 2.24) is 0 Å². The largest absolute Gasteiger partial charge is 0.549 e. The number of benzene rings is 2. The van der Waals surface area contributed by atoms with Gasteiger partial charge in [-0.1, -0.05) is 42.5 Å². The van der Waals surface area contributed by atoms with Gasteiger partial charge in [0, 0.05) is 0 Å². The first kappa shape index (κ1) is 14.6. The second kappa shape index (κ2) is 6.56. The van der Waals surface area contributed by atoms with Crippen LogP contribution in [0.4, 0.5) is 0 Å². The summed E-state index contributed by atoms with van der Waals surface area (Å²) in [5.74, 6) is -4.67. The topological polar surface area (TPSA) is 89.5 Å². The Hall–Kier alpha value is -2.82. The van der Waals surface area contributed by atoms with Gasteiger partial charge in [-0.05, 0) is 23.3 Å². The average molecular weight is 284 g/mol. The summed E-state index contributed by atoms with van der Waals surface area (Å²) in [6, 6.07) is 15.3. The summed E-state index contributed by atoms with van der Waals surface area (Å²) < 4.78 is 5.52. The molecule has 108 valence electrons. The van der Waals surface area contributed by atoms with Gasteiger partial charge in [0.15, 0.2) is 0 Å². The molecule has 0 saturated heterocycles. The van der Waals surface area contributed by atoms with Gasteiger partial charge in [-0.15, -0.1) is 0 Å². The number of hydrogen-bond acceptors (Lipinski definition) is 5. The lowest BCUT2D eigenvalue weighted by Crippen LogP contribution is -2.41. The molecule has 5 nitrogen and oxygen atoms in total. The fraction of sp³-hybridized carbons (Fsp3) is 0.125. The molecule has 0 bridgehead atoms. The molecule has 0 N–H and O–H groups in total. The molecule has 0 aliphatic rings. The predicted molar refractivity (Wildman–Crippen MR) is 70.0 cm³/mol. The van der Waals surface area contributed by atoms with Crippen molar-refractivity contribution in [2.45, 2.75) is 12.5 Å². The molecule has 0 atom stereocenters. The van der Waals surface area contributed by atoms with Crippen LogP contribution in [0.15, 0.2) is 54.6 Å². The molecular weight excluding hydrogens is 272 g/mol. The molecule has 2 aromatic rings. The molecule has 0 saturated carbocycles. The highest BCUT2D eigenvalue weighted by Gasteiger charge is 2.14. The van der Waals surface area contributed by atoms with Crippen molar-refractivity contribution in [2.75, 3.05) is 0 Å². The first-order chi connectivity index (χ1) is 10.1. The Labute approximate surface area is 121 Å². The lowest BCUT2D eigenvalue weighted by Gasteiger charge is -2.19. The van der Waals surface area contributed by atoms with E-state index in [0.717, 1.165) is 5.56 Å². The van der Waals surface area contributed by atoms with E-state index in [1.807, 2.05) is 30.3 Å². The van der Waals surface area contributed by atoms with Gasteiger partial charge >= 0.3 is 0 Å². The summed E-state index contributed by atoms with van der Waals surface area (Å²) in [6.07, 6.45) is 0. The third kappa shape index (κ3) is 3.82. The first-order valence-corrected chi connectivity index (χ1v) is 6.26. The SMILES string of the molecule is O=C([O-])C(C(=O)[O-])c1ccc(OCc2ccccc2)cc1. The van der Waals surface area contributed by atoms with Gasteiger partial charge in [0.2, 0.25) is 0 Å². The Balaban J connectivity index is 2.05. The number of carbonyl (C=O) groups excluding carboxylic acids is 2. The van der Waals surface area contributed by atoms with Crippen molar-refractivity contribution in [3.8, 4) is 5.75 Å². The highest BCUT2D eigenvalue weighted by atomic mass is 16.5. The van der Waals surface area contributed by atoms with Crippen molar-refractivity contribution < 1.29 is 24.5 Å². The summed E-state index contributed by atoms with van der Waals surface area (Å²) >= 11 is 0. The molecule has 0 aliphatic carbocycles. The van der Waals surface area contributed by atoms with Gasteiger partial charge in [0.25, 0.3) is 0 Å². The highest BCUT2D eigenvalue weighted by molar-refractivity contribution is 5.97. The van der Waals surface area contributed by atoms with Crippen molar-refractivity contribution in [3.63, 3.8) is 0 Å². The van der Waals surface area contributed by atoms with Crippen molar-refractivity contribution in [1.29, 1.82) is 0 Å². The Morgan fingerprint density at radius 2 is 1.48 bits per heavy atom. The van der Waals surface area contributed by atoms with Gasteiger partial charge in [0.05, 0.1) is 17.9 Å². The van der Waals surface area contributed by atoms with Gasteiger partial charge in [-0.3, -0.25) is 0 Å². The number of carboxylic acid groups (broad SMARTS) is 2. The maximum atomic E-state index is 10.8. The van der Waals surface area contributed by atoms with E-state index < -0.39 is 17.9 Å². The zero-order chi connectivity index (χ0) is 15.2. The fourth-order valence-electron chi connectivity index (χ4n) is 1.87. The molecule has 2 aromatic carbocycles. The van der Waals surface area contributed by atoms with Crippen LogP contribution < -0.4 is 14.9 Å². The minimum Gasteiger partial charge on any atom is -0.549 e. The van der Waals surface area contributed by atoms with Gasteiger partial charge in [-0.2, -0.15) is 0 Å². The zero-order valence-electron chi connectivity index (χ0n) is 11.0. The molecule has 0 unspecified atom stereocenters. The van der Waals surface area contributed by atoms with E-state index in [1.54, 1.807) is 0 Å². The van der Waals surface area contributed by atoms with E-state index in [-0.39, 0.29) is 5.56 Å². The Bertz CT molecular complexity index is 605. The van der Waals surface area contributed by atoms with Crippen LogP contribution in [0.3, 0.4) is 0 Å². The van der Waals surface area contributed by atoms with E-state index >= 15 is 0 Å². The molecule has 0 radical (unpaired) electrons. The zero-order valence-corrected chi connectivity index (χ0v) is 11.0. The lowest BCUT2D eigenvalue weighted by molar-refractivity contribution is -0.326. The quantitative estimate of drug-likeness (QED) is 0.688. The third-order valence-electron chi connectivity index (χ3n) is 2.93. The minimum absolute atomic E-state index is 0.0852. The standard InChI is InChI=1S/C16H14O5/c17-15(18)14(16(19)20)12-6-8-13(9-7-12)21-10-11-4-2-1-3-5-11/h1-9,14H,10H2,(H,17,18)(H,19,20)/p-2. The van der Waals surface area contributed by atoms with Crippen molar-refractivity contribution >= 4 is 11.9 Å². The minimum atomic E-state index is -1.78. The molecule has 0 aromatic heterocycles. The van der Waals surface area contributed by atoms with Crippen LogP contribution >= 0.6 is 0 Å². The van der Waals surface area contributed by atoms with E-state index in [0.29, 0.717) is 12.4 Å². The fourth-order valence-corrected chi connectivity index (χ4v) is 1.87. The Kier molecular flexibility index (Phi) is 4.56. The highest BCUT2D eigenvalue weighted by Crippen LogP contribution is 2.20. The summed E-state index contributed by atoms with van der Waals surface area (Å²) in [5.41, 5.74) is 1.07. The molecular formula is C16H12O5-2. The van der Waals surface area contributed by atoms with Crippen LogP contribution in [0.2, 0.25) is 0 Å². The predicted octanol–water partition coefficient (Wildman–Crippen LogP) is -0.151. The Morgan fingerprint density at radius 1 is 0.905 bits per heavy atom. The summed E-state index contributed by atoms with van der Waals surface area (Å²) in [4.78, 5) is 21.5. The summed E-state index contributed by atoms with van der Waals surface area (Å²) in [7, 11) is 0. The smallest absolute Gasteiger partial charge is 0.119 e. The molecule has 0 fully saturated rings. The second-order valence-corrected chi connectivity index (χ2v) is 4.41. The number of carboxylic acids is 2. The molecule has 0 spiro atoms. The van der Waals surface area contributed by atoms with Crippen molar-refractivity contribution in [3.05, 3.63) is 65.7 Å². The van der Waals surface area contributed by atoms with Crippen molar-refractivity contribution in [2.24, 2.45) is 0 Å². The van der Waals surface area contributed by atoms with E-state index in [4.69, 9.17) is 4.74 Å². The van der Waals surface area contributed by atoms with Crippen LogP contribution in [-0.4, -0.2) is 11.9 Å². The van der Waals surface area contributed by atoms with Crippen LogP contribution in [0.5, 0.6) is 5.75 Å².